The van der Waals surface area contributed by atoms with Gasteiger partial charge in [0.2, 0.25) is 0 Å². The molecule has 7 nitrogen and oxygen atoms in total. The minimum absolute atomic E-state index is 0.0148. The van der Waals surface area contributed by atoms with Crippen LogP contribution >= 0.6 is 11.6 Å². The standard InChI is InChI=1S/C18H15ClN4O3/c19-12-3-7-14(8-4-12)26-13-5-1-11(2-6-13)9-23-10-22-15(17(20)24)16(23)18(21)25/h1-8,10H,9H2,(H2,20,24)(H2,21,25). The fourth-order valence-corrected chi connectivity index (χ4v) is 2.57. The Kier molecular flexibility index (Phi) is 4.90. The first-order valence-corrected chi connectivity index (χ1v) is 7.99. The van der Waals surface area contributed by atoms with Gasteiger partial charge in [-0.2, -0.15) is 0 Å². The van der Waals surface area contributed by atoms with Crippen molar-refractivity contribution >= 4 is 23.4 Å². The quantitative estimate of drug-likeness (QED) is 0.694. The second-order valence-corrected chi connectivity index (χ2v) is 5.93. The second-order valence-electron chi connectivity index (χ2n) is 5.50. The molecule has 0 fully saturated rings. The van der Waals surface area contributed by atoms with Crippen molar-refractivity contribution in [2.45, 2.75) is 6.54 Å². The molecule has 0 aliphatic rings. The summed E-state index contributed by atoms with van der Waals surface area (Å²) in [4.78, 5) is 26.8. The molecule has 4 N–H and O–H groups in total. The Bertz CT molecular complexity index is 950. The normalized spacial score (nSPS) is 10.5. The summed E-state index contributed by atoms with van der Waals surface area (Å²) >= 11 is 5.84. The minimum Gasteiger partial charge on any atom is -0.457 e. The highest BCUT2D eigenvalue weighted by atomic mass is 35.5. The molecule has 3 aromatic rings. The molecule has 0 aliphatic carbocycles. The lowest BCUT2D eigenvalue weighted by molar-refractivity contribution is 0.0959. The van der Waals surface area contributed by atoms with Gasteiger partial charge in [-0.3, -0.25) is 9.59 Å². The van der Waals surface area contributed by atoms with Crippen molar-refractivity contribution in [3.63, 3.8) is 0 Å². The van der Waals surface area contributed by atoms with E-state index in [2.05, 4.69) is 4.98 Å². The fraction of sp³-hybridized carbons (Fsp3) is 0.0556. The zero-order valence-electron chi connectivity index (χ0n) is 13.6. The van der Waals surface area contributed by atoms with Gasteiger partial charge >= 0.3 is 0 Å². The molecular formula is C18H15ClN4O3. The van der Waals surface area contributed by atoms with E-state index in [4.69, 9.17) is 27.8 Å². The number of hydrogen-bond acceptors (Lipinski definition) is 4. The lowest BCUT2D eigenvalue weighted by Crippen LogP contribution is -2.23. The number of benzene rings is 2. The van der Waals surface area contributed by atoms with E-state index in [1.165, 1.54) is 10.9 Å². The number of primary amides is 2. The Morgan fingerprint density at radius 1 is 0.962 bits per heavy atom. The van der Waals surface area contributed by atoms with Crippen LogP contribution in [0.1, 0.15) is 26.5 Å². The van der Waals surface area contributed by atoms with Crippen molar-refractivity contribution < 1.29 is 14.3 Å². The number of carbonyl (C=O) groups excluding carboxylic acids is 2. The molecule has 132 valence electrons. The molecule has 26 heavy (non-hydrogen) atoms. The maximum absolute atomic E-state index is 11.6. The van der Waals surface area contributed by atoms with Gasteiger partial charge in [0.1, 0.15) is 17.2 Å². The average Bonchev–Trinajstić information content (AvgIpc) is 3.03. The zero-order valence-corrected chi connectivity index (χ0v) is 14.3. The van der Waals surface area contributed by atoms with Gasteiger partial charge in [-0.05, 0) is 42.0 Å². The van der Waals surface area contributed by atoms with Gasteiger partial charge in [0.15, 0.2) is 5.69 Å². The topological polar surface area (TPSA) is 113 Å². The maximum atomic E-state index is 11.6. The highest BCUT2D eigenvalue weighted by Gasteiger charge is 2.20. The third kappa shape index (κ3) is 3.84. The number of aromatic nitrogens is 2. The summed E-state index contributed by atoms with van der Waals surface area (Å²) in [5.74, 6) is -0.253. The van der Waals surface area contributed by atoms with E-state index in [9.17, 15) is 9.59 Å². The first-order valence-electron chi connectivity index (χ1n) is 7.61. The molecule has 1 aromatic heterocycles. The van der Waals surface area contributed by atoms with E-state index in [0.717, 1.165) is 5.56 Å². The SMILES string of the molecule is NC(=O)c1ncn(Cc2ccc(Oc3ccc(Cl)cc3)cc2)c1C(N)=O. The number of amides is 2. The minimum atomic E-state index is -0.802. The van der Waals surface area contributed by atoms with E-state index in [1.54, 1.807) is 36.4 Å². The van der Waals surface area contributed by atoms with Gasteiger partial charge in [-0.25, -0.2) is 4.98 Å². The Hall–Kier alpha value is -3.32. The molecule has 0 unspecified atom stereocenters. The highest BCUT2D eigenvalue weighted by Crippen LogP contribution is 2.23. The van der Waals surface area contributed by atoms with Crippen LogP contribution in [0.15, 0.2) is 54.9 Å². The van der Waals surface area contributed by atoms with Crippen LogP contribution in [0.5, 0.6) is 11.5 Å². The fourth-order valence-electron chi connectivity index (χ4n) is 2.44. The molecule has 0 aliphatic heterocycles. The molecule has 0 spiro atoms. The molecule has 8 heteroatoms. The summed E-state index contributed by atoms with van der Waals surface area (Å²) in [7, 11) is 0. The lowest BCUT2D eigenvalue weighted by Gasteiger charge is -2.09. The monoisotopic (exact) mass is 370 g/mol. The van der Waals surface area contributed by atoms with Gasteiger partial charge in [-0.15, -0.1) is 0 Å². The number of imidazole rings is 1. The lowest BCUT2D eigenvalue weighted by atomic mass is 10.2. The van der Waals surface area contributed by atoms with E-state index in [0.29, 0.717) is 23.1 Å². The van der Waals surface area contributed by atoms with Crippen LogP contribution in [-0.2, 0) is 6.54 Å². The predicted octanol–water partition coefficient (Wildman–Crippen LogP) is 2.57. The molecule has 1 heterocycles. The number of hydrogen-bond donors (Lipinski definition) is 2. The smallest absolute Gasteiger partial charge is 0.269 e. The van der Waals surface area contributed by atoms with E-state index < -0.39 is 11.8 Å². The number of halogens is 1. The van der Waals surface area contributed by atoms with Crippen molar-refractivity contribution in [2.75, 3.05) is 0 Å². The van der Waals surface area contributed by atoms with Gasteiger partial charge in [0.05, 0.1) is 6.33 Å². The van der Waals surface area contributed by atoms with Crippen molar-refractivity contribution in [3.8, 4) is 11.5 Å². The number of carbonyl (C=O) groups is 2. The molecule has 0 saturated carbocycles. The van der Waals surface area contributed by atoms with Gasteiger partial charge in [0, 0.05) is 11.6 Å². The first-order chi connectivity index (χ1) is 12.4. The summed E-state index contributed by atoms with van der Waals surface area (Å²) in [6.07, 6.45) is 1.36. The zero-order chi connectivity index (χ0) is 18.7. The van der Waals surface area contributed by atoms with E-state index in [1.807, 2.05) is 12.1 Å². The molecule has 3 rings (SSSR count). The highest BCUT2D eigenvalue weighted by molar-refractivity contribution is 6.30. The third-order valence-corrected chi connectivity index (χ3v) is 3.88. The van der Waals surface area contributed by atoms with Gasteiger partial charge in [-0.1, -0.05) is 23.7 Å². The molecule has 0 atom stereocenters. The van der Waals surface area contributed by atoms with Crippen LogP contribution in [0.25, 0.3) is 0 Å². The average molecular weight is 371 g/mol. The first kappa shape index (κ1) is 17.5. The van der Waals surface area contributed by atoms with Crippen LogP contribution in [0.2, 0.25) is 5.02 Å². The van der Waals surface area contributed by atoms with E-state index in [-0.39, 0.29) is 11.4 Å². The molecule has 2 amide bonds. The molecule has 0 bridgehead atoms. The van der Waals surface area contributed by atoms with Crippen LogP contribution in [0.3, 0.4) is 0 Å². The maximum Gasteiger partial charge on any atom is 0.269 e. The number of ether oxygens (including phenoxy) is 1. The third-order valence-electron chi connectivity index (χ3n) is 3.63. The molecule has 0 saturated heterocycles. The largest absolute Gasteiger partial charge is 0.457 e. The summed E-state index contributed by atoms with van der Waals surface area (Å²) < 4.78 is 7.21. The van der Waals surface area contributed by atoms with Crippen molar-refractivity contribution in [1.82, 2.24) is 9.55 Å². The van der Waals surface area contributed by atoms with Gasteiger partial charge in [0.25, 0.3) is 11.8 Å². The molecule has 2 aromatic carbocycles. The van der Waals surface area contributed by atoms with Crippen LogP contribution in [0, 0.1) is 0 Å². The molecule has 0 radical (unpaired) electrons. The predicted molar refractivity (Wildman–Crippen MR) is 96.3 cm³/mol. The summed E-state index contributed by atoms with van der Waals surface area (Å²) in [5.41, 5.74) is 11.3. The number of nitrogens with zero attached hydrogens (tertiary/aromatic N) is 2. The molecular weight excluding hydrogens is 356 g/mol. The summed E-state index contributed by atoms with van der Waals surface area (Å²) in [6.45, 7) is 0.305. The van der Waals surface area contributed by atoms with Crippen LogP contribution in [0.4, 0.5) is 0 Å². The van der Waals surface area contributed by atoms with Crippen LogP contribution in [-0.4, -0.2) is 21.4 Å². The van der Waals surface area contributed by atoms with Crippen LogP contribution < -0.4 is 16.2 Å². The number of rotatable bonds is 6. The van der Waals surface area contributed by atoms with Gasteiger partial charge < -0.3 is 20.8 Å². The van der Waals surface area contributed by atoms with Crippen molar-refractivity contribution in [2.24, 2.45) is 11.5 Å². The second kappa shape index (κ2) is 7.28. The van der Waals surface area contributed by atoms with Crippen molar-refractivity contribution in [3.05, 3.63) is 76.8 Å². The Balaban J connectivity index is 1.76. The summed E-state index contributed by atoms with van der Waals surface area (Å²) in [5, 5.41) is 0.633. The Morgan fingerprint density at radius 3 is 2.08 bits per heavy atom. The van der Waals surface area contributed by atoms with Crippen molar-refractivity contribution in [1.29, 1.82) is 0 Å². The number of nitrogens with two attached hydrogens (primary N) is 2. The van der Waals surface area contributed by atoms with E-state index >= 15 is 0 Å². The Labute approximate surface area is 154 Å². The Morgan fingerprint density at radius 2 is 1.54 bits per heavy atom. The summed E-state index contributed by atoms with van der Waals surface area (Å²) in [6, 6.07) is 14.3.